The molecular formula is C25H15Br3N2O2S. The van der Waals surface area contributed by atoms with Crippen LogP contribution in [-0.4, -0.2) is 18.0 Å². The Morgan fingerprint density at radius 1 is 1.00 bits per heavy atom. The van der Waals surface area contributed by atoms with Gasteiger partial charge in [0.2, 0.25) is 0 Å². The average Bonchev–Trinajstić information content (AvgIpc) is 3.24. The Kier molecular flexibility index (Phi) is 6.26. The summed E-state index contributed by atoms with van der Waals surface area (Å²) in [5.74, 6) is 0.213. The van der Waals surface area contributed by atoms with Crippen molar-refractivity contribution in [3.8, 4) is 16.3 Å². The van der Waals surface area contributed by atoms with Gasteiger partial charge in [0.05, 0.1) is 33.0 Å². The van der Waals surface area contributed by atoms with Gasteiger partial charge in [0.1, 0.15) is 10.8 Å². The van der Waals surface area contributed by atoms with Crippen LogP contribution in [0.3, 0.4) is 0 Å². The van der Waals surface area contributed by atoms with Gasteiger partial charge in [0.15, 0.2) is 0 Å². The Balaban J connectivity index is 1.62. The Bertz CT molecular complexity index is 1520. The zero-order valence-corrected chi connectivity index (χ0v) is 22.7. The van der Waals surface area contributed by atoms with E-state index in [1.165, 1.54) is 0 Å². The van der Waals surface area contributed by atoms with Crippen molar-refractivity contribution in [1.82, 2.24) is 4.98 Å². The van der Waals surface area contributed by atoms with Gasteiger partial charge in [0.25, 0.3) is 5.91 Å². The number of halogens is 3. The predicted octanol–water partition coefficient (Wildman–Crippen LogP) is 8.66. The van der Waals surface area contributed by atoms with E-state index in [-0.39, 0.29) is 5.91 Å². The van der Waals surface area contributed by atoms with E-state index in [0.717, 1.165) is 45.0 Å². The number of rotatable bonds is 4. The van der Waals surface area contributed by atoms with Crippen LogP contribution >= 0.6 is 59.1 Å². The Hall–Kier alpha value is -2.26. The van der Waals surface area contributed by atoms with Crippen molar-refractivity contribution >= 4 is 91.7 Å². The number of para-hydroxylation sites is 1. The first-order valence-electron chi connectivity index (χ1n) is 9.88. The standard InChI is InChI=1S/C25H15Br3N2O2S/c1-32-23-17(10-13-6-2-3-7-15(13)21(23)28)24(31)30-22-16(11-14(26)12-18(22)27)25-29-19-8-4-5-9-20(19)33-25/h2-12H,1H3,(H,30,31). The number of hydrogen-bond donors (Lipinski definition) is 1. The first-order valence-corrected chi connectivity index (χ1v) is 13.1. The average molecular weight is 647 g/mol. The number of ether oxygens (including phenoxy) is 1. The summed E-state index contributed by atoms with van der Waals surface area (Å²) in [6.07, 6.45) is 0. The van der Waals surface area contributed by atoms with Gasteiger partial charge < -0.3 is 10.1 Å². The van der Waals surface area contributed by atoms with Gasteiger partial charge in [-0.15, -0.1) is 11.3 Å². The molecule has 0 radical (unpaired) electrons. The molecule has 0 unspecified atom stereocenters. The maximum Gasteiger partial charge on any atom is 0.259 e. The Morgan fingerprint density at radius 2 is 1.76 bits per heavy atom. The number of nitrogens with zero attached hydrogens (tertiary/aromatic N) is 1. The summed E-state index contributed by atoms with van der Waals surface area (Å²) in [7, 11) is 1.56. The number of benzene rings is 4. The van der Waals surface area contributed by atoms with Crippen LogP contribution in [0, 0.1) is 0 Å². The molecule has 1 heterocycles. The van der Waals surface area contributed by atoms with Gasteiger partial charge in [-0.2, -0.15) is 0 Å². The molecule has 0 aliphatic rings. The summed E-state index contributed by atoms with van der Waals surface area (Å²) < 4.78 is 9.07. The van der Waals surface area contributed by atoms with E-state index in [1.807, 2.05) is 66.7 Å². The maximum absolute atomic E-state index is 13.5. The lowest BCUT2D eigenvalue weighted by molar-refractivity contribution is 0.102. The third kappa shape index (κ3) is 4.21. The highest BCUT2D eigenvalue weighted by atomic mass is 79.9. The summed E-state index contributed by atoms with van der Waals surface area (Å²) >= 11 is 12.4. The molecule has 1 aromatic heterocycles. The summed E-state index contributed by atoms with van der Waals surface area (Å²) in [4.78, 5) is 18.3. The van der Waals surface area contributed by atoms with Gasteiger partial charge in [0, 0.05) is 14.5 Å². The van der Waals surface area contributed by atoms with Gasteiger partial charge in [-0.25, -0.2) is 4.98 Å². The van der Waals surface area contributed by atoms with Crippen LogP contribution in [0.1, 0.15) is 10.4 Å². The number of hydrogen-bond acceptors (Lipinski definition) is 4. The van der Waals surface area contributed by atoms with Gasteiger partial charge in [-0.1, -0.05) is 52.3 Å². The van der Waals surface area contributed by atoms with Crippen molar-refractivity contribution in [2.75, 3.05) is 12.4 Å². The maximum atomic E-state index is 13.5. The van der Waals surface area contributed by atoms with Crippen molar-refractivity contribution in [3.63, 3.8) is 0 Å². The van der Waals surface area contributed by atoms with Crippen molar-refractivity contribution < 1.29 is 9.53 Å². The third-order valence-corrected chi connectivity index (χ3v) is 8.15. The number of carbonyl (C=O) groups is 1. The van der Waals surface area contributed by atoms with E-state index in [4.69, 9.17) is 9.72 Å². The summed E-state index contributed by atoms with van der Waals surface area (Å²) in [5, 5.41) is 5.83. The molecule has 0 saturated heterocycles. The molecule has 1 N–H and O–H groups in total. The number of carbonyl (C=O) groups excluding carboxylic acids is 1. The number of fused-ring (bicyclic) bond motifs is 2. The highest BCUT2D eigenvalue weighted by molar-refractivity contribution is 9.11. The van der Waals surface area contributed by atoms with Gasteiger partial charge in [-0.3, -0.25) is 4.79 Å². The molecular weight excluding hydrogens is 632 g/mol. The smallest absolute Gasteiger partial charge is 0.259 e. The second kappa shape index (κ2) is 9.18. The number of thiazole rings is 1. The van der Waals surface area contributed by atoms with Crippen LogP contribution < -0.4 is 10.1 Å². The lowest BCUT2D eigenvalue weighted by atomic mass is 10.0. The van der Waals surface area contributed by atoms with E-state index in [2.05, 4.69) is 53.1 Å². The second-order valence-electron chi connectivity index (χ2n) is 7.24. The van der Waals surface area contributed by atoms with Crippen molar-refractivity contribution in [2.24, 2.45) is 0 Å². The second-order valence-corrected chi connectivity index (χ2v) is 10.8. The van der Waals surface area contributed by atoms with Gasteiger partial charge >= 0.3 is 0 Å². The summed E-state index contributed by atoms with van der Waals surface area (Å²) in [6, 6.07) is 21.6. The molecule has 0 atom stereocenters. The largest absolute Gasteiger partial charge is 0.495 e. The van der Waals surface area contributed by atoms with Crippen molar-refractivity contribution in [1.29, 1.82) is 0 Å². The first kappa shape index (κ1) is 22.5. The Labute approximate surface area is 219 Å². The van der Waals surface area contributed by atoms with Crippen LogP contribution in [-0.2, 0) is 0 Å². The van der Waals surface area contributed by atoms with E-state index >= 15 is 0 Å². The molecule has 1 amide bonds. The molecule has 33 heavy (non-hydrogen) atoms. The minimum atomic E-state index is -0.274. The SMILES string of the molecule is COc1c(C(=O)Nc2c(Br)cc(Br)cc2-c2nc3ccccc3s2)cc2ccccc2c1Br. The molecule has 4 aromatic carbocycles. The third-order valence-electron chi connectivity index (χ3n) is 5.21. The number of nitrogens with one attached hydrogen (secondary N) is 1. The topological polar surface area (TPSA) is 51.2 Å². The molecule has 0 aliphatic heterocycles. The summed E-state index contributed by atoms with van der Waals surface area (Å²) in [6.45, 7) is 0. The number of methoxy groups -OCH3 is 1. The number of anilines is 1. The fourth-order valence-corrected chi connectivity index (χ4v) is 6.74. The zero-order chi connectivity index (χ0) is 23.1. The molecule has 5 rings (SSSR count). The van der Waals surface area contributed by atoms with Gasteiger partial charge in [-0.05, 0) is 73.0 Å². The molecule has 0 spiro atoms. The molecule has 0 aliphatic carbocycles. The molecule has 164 valence electrons. The lowest BCUT2D eigenvalue weighted by Crippen LogP contribution is -2.15. The first-order chi connectivity index (χ1) is 16.0. The molecule has 0 saturated carbocycles. The summed E-state index contributed by atoms with van der Waals surface area (Å²) in [5.41, 5.74) is 2.83. The fraction of sp³-hybridized carbons (Fsp3) is 0.0400. The number of amides is 1. The molecule has 5 aromatic rings. The van der Waals surface area contributed by atoms with E-state index in [0.29, 0.717) is 17.0 Å². The van der Waals surface area contributed by atoms with Crippen molar-refractivity contribution in [2.45, 2.75) is 0 Å². The van der Waals surface area contributed by atoms with Crippen LogP contribution in [0.15, 0.2) is 80.1 Å². The fourth-order valence-electron chi connectivity index (χ4n) is 3.69. The number of aromatic nitrogens is 1. The highest BCUT2D eigenvalue weighted by Gasteiger charge is 2.22. The van der Waals surface area contributed by atoms with Crippen LogP contribution in [0.4, 0.5) is 5.69 Å². The normalized spacial score (nSPS) is 11.2. The predicted molar refractivity (Wildman–Crippen MR) is 147 cm³/mol. The zero-order valence-electron chi connectivity index (χ0n) is 17.2. The van der Waals surface area contributed by atoms with Crippen LogP contribution in [0.25, 0.3) is 31.6 Å². The monoisotopic (exact) mass is 644 g/mol. The van der Waals surface area contributed by atoms with Crippen molar-refractivity contribution in [3.05, 3.63) is 85.7 Å². The van der Waals surface area contributed by atoms with E-state index < -0.39 is 0 Å². The minimum Gasteiger partial charge on any atom is -0.495 e. The molecule has 0 bridgehead atoms. The quantitative estimate of drug-likeness (QED) is 0.213. The molecule has 4 nitrogen and oxygen atoms in total. The van der Waals surface area contributed by atoms with Crippen LogP contribution in [0.5, 0.6) is 5.75 Å². The Morgan fingerprint density at radius 3 is 2.55 bits per heavy atom. The minimum absolute atomic E-state index is 0.274. The van der Waals surface area contributed by atoms with Crippen LogP contribution in [0.2, 0.25) is 0 Å². The lowest BCUT2D eigenvalue weighted by Gasteiger charge is -2.16. The van der Waals surface area contributed by atoms with E-state index in [9.17, 15) is 4.79 Å². The van der Waals surface area contributed by atoms with E-state index in [1.54, 1.807) is 18.4 Å². The highest BCUT2D eigenvalue weighted by Crippen LogP contribution is 2.42. The molecule has 8 heteroatoms. The molecule has 0 fully saturated rings.